The van der Waals surface area contributed by atoms with E-state index in [1.807, 2.05) is 152 Å². The zero-order valence-corrected chi connectivity index (χ0v) is 87.8. The lowest BCUT2D eigenvalue weighted by atomic mass is 9.89. The fourth-order valence-corrected chi connectivity index (χ4v) is 18.2. The fraction of sp³-hybridized carbons (Fsp3) is 0.850. The number of aliphatic hydroxyl groups excluding tert-OH is 4. The second-order valence-corrected chi connectivity index (χ2v) is 33.9. The van der Waals surface area contributed by atoms with Crippen molar-refractivity contribution >= 4 is 80.2 Å². The summed E-state index contributed by atoms with van der Waals surface area (Å²) < 4.78 is 112. The second kappa shape index (κ2) is 93.6. The lowest BCUT2D eigenvalue weighted by Gasteiger charge is -2.37. The highest BCUT2D eigenvalue weighted by atomic mass is 32.2. The SMILES string of the molecule is C1CC[C@H]2C[C@@H](OC3CCCCO3)CO[C@@H]2CC1.CC.CC.CC.CC.CC.CC.CC.CC.CC.CC.CC(=O)O[C@@H]1CCCCC[C@H]1CC(COS(=O)(=O)c1ccc(C)cc1)OC1CCCCO1.CC(=O)O[C@@H]1CCCCC[C@H]1C[C@@H](O)CO.CC(=O)O[C@@H]1CCCCC[C@H]1C[C@@H](O)COS(=O)(=O)c1ccc(C)cc1.O[C@H]1CO[C@@H]2CCCCC[C@H]2C1.[B].[B].[B].[B].[B]. The molecule has 4 N–H and O–H groups in total. The van der Waals surface area contributed by atoms with Crippen LogP contribution in [-0.4, -0.2) is 217 Å². The molecule has 29 heteroatoms. The summed E-state index contributed by atoms with van der Waals surface area (Å²) in [5.41, 5.74) is 1.93. The van der Waals surface area contributed by atoms with E-state index in [0.717, 1.165) is 159 Å². The van der Waals surface area contributed by atoms with Gasteiger partial charge in [0.1, 0.15) is 18.3 Å². The highest BCUT2D eigenvalue weighted by Crippen LogP contribution is 2.38. The third-order valence-corrected chi connectivity index (χ3v) is 24.5. The first-order valence-corrected chi connectivity index (χ1v) is 52.7. The molecule has 749 valence electrons. The van der Waals surface area contributed by atoms with Crippen molar-refractivity contribution in [2.75, 3.05) is 46.2 Å². The first-order chi connectivity index (χ1) is 60.0. The largest absolute Gasteiger partial charge is 0.462 e. The smallest absolute Gasteiger partial charge is 0.302 e. The van der Waals surface area contributed by atoms with Gasteiger partial charge in [-0.05, 0) is 222 Å². The molecular weight excluding hydrogens is 1670 g/mol. The molecule has 129 heavy (non-hydrogen) atoms. The molecular formula is C100H190B5O22S2. The molecule has 11 rings (SSSR count). The van der Waals surface area contributed by atoms with Crippen LogP contribution in [-0.2, 0) is 85.6 Å². The van der Waals surface area contributed by atoms with Crippen LogP contribution < -0.4 is 0 Å². The van der Waals surface area contributed by atoms with Crippen molar-refractivity contribution in [3.63, 3.8) is 0 Å². The lowest BCUT2D eigenvalue weighted by molar-refractivity contribution is -0.220. The zero-order chi connectivity index (χ0) is 94.7. The number of esters is 3. The van der Waals surface area contributed by atoms with Crippen LogP contribution in [0.5, 0.6) is 0 Å². The summed E-state index contributed by atoms with van der Waals surface area (Å²) in [6.07, 6.45) is 36.0. The maximum Gasteiger partial charge on any atom is 0.302 e. The van der Waals surface area contributed by atoms with Crippen LogP contribution in [0.2, 0.25) is 0 Å². The number of carbonyl (C=O) groups is 3. The highest BCUT2D eigenvalue weighted by Gasteiger charge is 2.37. The van der Waals surface area contributed by atoms with Crippen molar-refractivity contribution in [2.24, 2.45) is 29.6 Å². The van der Waals surface area contributed by atoms with Crippen LogP contribution in [0.4, 0.5) is 0 Å². The minimum atomic E-state index is -3.90. The van der Waals surface area contributed by atoms with Crippen LogP contribution in [0, 0.1) is 43.4 Å². The van der Waals surface area contributed by atoms with E-state index in [2.05, 4.69) is 0 Å². The highest BCUT2D eigenvalue weighted by molar-refractivity contribution is 7.87. The van der Waals surface area contributed by atoms with Gasteiger partial charge in [0, 0.05) is 76.1 Å². The molecule has 0 bridgehead atoms. The number of hydrogen-bond acceptors (Lipinski definition) is 22. The molecule has 15 radical (unpaired) electrons. The molecule has 2 aromatic carbocycles. The Morgan fingerprint density at radius 1 is 0.380 bits per heavy atom. The minimum Gasteiger partial charge on any atom is -0.462 e. The Labute approximate surface area is 801 Å². The van der Waals surface area contributed by atoms with Crippen LogP contribution in [0.1, 0.15) is 402 Å². The first kappa shape index (κ1) is 143. The van der Waals surface area contributed by atoms with Crippen molar-refractivity contribution in [2.45, 2.75) is 488 Å². The molecule has 4 heterocycles. The van der Waals surface area contributed by atoms with Gasteiger partial charge in [-0.2, -0.15) is 16.8 Å². The standard InChI is InChI=1S/C24H36O7S.C19H28O6S.C15H26O3.C12H22O4.C10H18O2.10C2H6.5B/c1-18-11-13-22(14-12-18)32(26,27)29-17-21(31-24-10-6-7-15-28-24)16-20-8-4-3-5-9-23(20)30-19(2)25;1-14-8-10-18(11-9-14)26(22,23)24-13-17(21)12-16-6-4-3-5-7-19(16)25-15(2)20;1-2-6-12-10-13(11-17-14(12)7-3-1)18-15-8-4-5-9-16-15;1-9(14)16-12-6-4-2-3-5-10(12)7-11(15)8-13;11-9-6-8-4-2-1-3-5-10(8)12-7-9;10*1-2;;;;;/h11-14,20-21,23-24H,3-10,15-17H2,1-2H3;8-11,16-17,19,21H,3-7,12-13H2,1-2H3;12-15H,1-11H2;10-13,15H,2-8H2,1H3;8-11H,1-7H2;10*1-2H3;;;;;/t20-,21?,23+,24?;16-,17+,19+;12-,13+,14+,15?;10-,11+,12+;8-,9+,10+;;;;;;;;;;;;;;;/m00000.............../s1. The molecule has 0 aromatic heterocycles. The zero-order valence-electron chi connectivity index (χ0n) is 86.2. The summed E-state index contributed by atoms with van der Waals surface area (Å²) in [6, 6.07) is 13.0. The van der Waals surface area contributed by atoms with E-state index in [0.29, 0.717) is 50.6 Å². The number of benzene rings is 2. The molecule has 0 spiro atoms. The summed E-state index contributed by atoms with van der Waals surface area (Å²) in [5, 5.41) is 38.0. The van der Waals surface area contributed by atoms with Gasteiger partial charge in [0.15, 0.2) is 12.6 Å². The maximum atomic E-state index is 12.7. The summed E-state index contributed by atoms with van der Waals surface area (Å²) in [4.78, 5) is 34.1. The monoisotopic (exact) mass is 1860 g/mol. The molecule has 9 fully saturated rings. The van der Waals surface area contributed by atoms with E-state index in [1.54, 1.807) is 36.4 Å². The number of rotatable bonds is 22. The van der Waals surface area contributed by atoms with E-state index in [4.69, 9.17) is 56.1 Å². The van der Waals surface area contributed by atoms with Gasteiger partial charge < -0.3 is 63.1 Å². The van der Waals surface area contributed by atoms with Gasteiger partial charge in [0.2, 0.25) is 0 Å². The van der Waals surface area contributed by atoms with Crippen molar-refractivity contribution in [1.82, 2.24) is 0 Å². The number of ether oxygens (including phenoxy) is 9. The van der Waals surface area contributed by atoms with Crippen LogP contribution >= 0.6 is 0 Å². The van der Waals surface area contributed by atoms with Crippen LogP contribution in [0.15, 0.2) is 58.3 Å². The Balaban J connectivity index is -0.000000193. The molecule has 4 saturated heterocycles. The summed E-state index contributed by atoms with van der Waals surface area (Å²) in [5.74, 6) is 0.820. The summed E-state index contributed by atoms with van der Waals surface area (Å²) in [7, 11) is -7.80. The van der Waals surface area contributed by atoms with Gasteiger partial charge in [0.05, 0.1) is 85.6 Å². The van der Waals surface area contributed by atoms with Crippen LogP contribution in [0.3, 0.4) is 0 Å². The molecule has 2 aromatic rings. The topological polar surface area (TPSA) is 302 Å². The molecule has 22 nitrogen and oxygen atoms in total. The predicted molar refractivity (Wildman–Crippen MR) is 535 cm³/mol. The third kappa shape index (κ3) is 65.9. The maximum absolute atomic E-state index is 12.7. The van der Waals surface area contributed by atoms with Gasteiger partial charge in [-0.1, -0.05) is 251 Å². The lowest BCUT2D eigenvalue weighted by Crippen LogP contribution is -2.40. The average molecular weight is 1860 g/mol. The summed E-state index contributed by atoms with van der Waals surface area (Å²) in [6.45, 7) is 50.2. The van der Waals surface area contributed by atoms with Crippen LogP contribution in [0.25, 0.3) is 0 Å². The molecule has 4 aliphatic heterocycles. The van der Waals surface area contributed by atoms with Crippen molar-refractivity contribution in [3.05, 3.63) is 59.7 Å². The Morgan fingerprint density at radius 3 is 1.06 bits per heavy atom. The molecule has 3 unspecified atom stereocenters. The van der Waals surface area contributed by atoms with Gasteiger partial charge in [0.25, 0.3) is 20.2 Å². The van der Waals surface area contributed by atoms with Gasteiger partial charge in [-0.15, -0.1) is 0 Å². The Kier molecular flexibility index (Phi) is 104. The minimum absolute atomic E-state index is 0. The van der Waals surface area contributed by atoms with E-state index in [-0.39, 0.29) is 150 Å². The average Bonchev–Trinajstić information content (AvgIpc) is 1.11. The van der Waals surface area contributed by atoms with Gasteiger partial charge >= 0.3 is 17.9 Å². The first-order valence-electron chi connectivity index (χ1n) is 49.9. The normalized spacial score (nSPS) is 24.7. The summed E-state index contributed by atoms with van der Waals surface area (Å²) >= 11 is 0. The van der Waals surface area contributed by atoms with E-state index in [1.165, 1.54) is 116 Å². The van der Waals surface area contributed by atoms with Crippen molar-refractivity contribution in [3.8, 4) is 0 Å². The van der Waals surface area contributed by atoms with Gasteiger partial charge in [-0.25, -0.2) is 0 Å². The molecule has 17 atom stereocenters. The Hall–Kier alpha value is -3.41. The number of aryl methyl sites for hydroxylation is 2. The Bertz CT molecular complexity index is 2980. The molecule has 5 saturated carbocycles. The quantitative estimate of drug-likeness (QED) is 0.0280. The molecule has 0 amide bonds. The second-order valence-electron chi connectivity index (χ2n) is 30.7. The number of fused-ring (bicyclic) bond motifs is 2. The van der Waals surface area contributed by atoms with E-state index >= 15 is 0 Å². The Morgan fingerprint density at radius 2 is 0.698 bits per heavy atom. The fourth-order valence-electron chi connectivity index (χ4n) is 16.3. The number of aliphatic hydroxyl groups is 4. The van der Waals surface area contributed by atoms with E-state index in [9.17, 15) is 46.5 Å². The predicted octanol–water partition coefficient (Wildman–Crippen LogP) is 22.1. The van der Waals surface area contributed by atoms with Gasteiger partial charge in [-0.3, -0.25) is 22.7 Å². The van der Waals surface area contributed by atoms with E-state index < -0.39 is 38.5 Å². The molecule has 9 aliphatic rings. The third-order valence-electron chi connectivity index (χ3n) is 21.9. The van der Waals surface area contributed by atoms with Crippen molar-refractivity contribution in [1.29, 1.82) is 0 Å². The number of carbonyl (C=O) groups excluding carboxylic acids is 3. The molecule has 5 aliphatic carbocycles. The number of hydrogen-bond donors (Lipinski definition) is 4. The van der Waals surface area contributed by atoms with Crippen molar-refractivity contribution < 1.29 is 103 Å².